The number of hydrogen-bond acceptors (Lipinski definition) is 5. The minimum atomic E-state index is -0.642. The van der Waals surface area contributed by atoms with E-state index in [1.165, 1.54) is 12.1 Å². The van der Waals surface area contributed by atoms with E-state index in [0.717, 1.165) is 0 Å². The highest BCUT2D eigenvalue weighted by atomic mass is 19.1. The lowest BCUT2D eigenvalue weighted by Crippen LogP contribution is -2.42. The maximum atomic E-state index is 13.2. The molecule has 0 amide bonds. The Bertz CT molecular complexity index is 579. The first kappa shape index (κ1) is 12.3. The molecule has 100 valence electrons. The Hall–Kier alpha value is -1.79. The fourth-order valence-corrected chi connectivity index (χ4v) is 2.12. The van der Waals surface area contributed by atoms with Crippen LogP contribution in [0.4, 0.5) is 4.39 Å². The van der Waals surface area contributed by atoms with Gasteiger partial charge < -0.3 is 15.0 Å². The van der Waals surface area contributed by atoms with E-state index in [1.807, 2.05) is 0 Å². The van der Waals surface area contributed by atoms with Crippen molar-refractivity contribution in [1.29, 1.82) is 0 Å². The van der Waals surface area contributed by atoms with Crippen LogP contribution in [0.1, 0.15) is 18.7 Å². The van der Waals surface area contributed by atoms with Crippen LogP contribution >= 0.6 is 0 Å². The summed E-state index contributed by atoms with van der Waals surface area (Å²) in [5, 5.41) is 3.87. The molecule has 5 nitrogen and oxygen atoms in total. The van der Waals surface area contributed by atoms with Crippen LogP contribution in [-0.2, 0) is 10.3 Å². The standard InChI is InChI=1S/C13H14FN3O2/c14-10-3-1-2-9(8-10)11-16-12(19-17-11)13(15)4-6-18-7-5-13/h1-3,8H,4-7,15H2. The van der Waals surface area contributed by atoms with Crippen LogP contribution in [0.15, 0.2) is 28.8 Å². The first-order chi connectivity index (χ1) is 9.17. The molecule has 1 saturated heterocycles. The molecule has 1 aromatic carbocycles. The van der Waals surface area contributed by atoms with E-state index >= 15 is 0 Å². The molecule has 6 heteroatoms. The highest BCUT2D eigenvalue weighted by Gasteiger charge is 2.35. The van der Waals surface area contributed by atoms with E-state index in [-0.39, 0.29) is 5.82 Å². The van der Waals surface area contributed by atoms with Crippen LogP contribution in [0.3, 0.4) is 0 Å². The molecule has 0 radical (unpaired) electrons. The lowest BCUT2D eigenvalue weighted by atomic mass is 9.91. The largest absolute Gasteiger partial charge is 0.381 e. The van der Waals surface area contributed by atoms with E-state index in [9.17, 15) is 4.39 Å². The van der Waals surface area contributed by atoms with Gasteiger partial charge in [0.1, 0.15) is 11.4 Å². The van der Waals surface area contributed by atoms with Crippen molar-refractivity contribution in [3.8, 4) is 11.4 Å². The molecule has 19 heavy (non-hydrogen) atoms. The maximum Gasteiger partial charge on any atom is 0.247 e. The number of nitrogens with zero attached hydrogens (tertiary/aromatic N) is 2. The average molecular weight is 263 g/mol. The molecule has 0 bridgehead atoms. The Balaban J connectivity index is 1.91. The van der Waals surface area contributed by atoms with Crippen LogP contribution in [0.2, 0.25) is 0 Å². The SMILES string of the molecule is NC1(c2nc(-c3cccc(F)c3)no2)CCOCC1. The Morgan fingerprint density at radius 1 is 1.26 bits per heavy atom. The highest BCUT2D eigenvalue weighted by molar-refractivity contribution is 5.54. The third kappa shape index (κ3) is 2.36. The molecular weight excluding hydrogens is 249 g/mol. The third-order valence-electron chi connectivity index (χ3n) is 3.32. The van der Waals surface area contributed by atoms with E-state index in [0.29, 0.717) is 43.3 Å². The lowest BCUT2D eigenvalue weighted by molar-refractivity contribution is 0.0400. The lowest BCUT2D eigenvalue weighted by Gasteiger charge is -2.29. The molecule has 1 aromatic heterocycles. The number of aromatic nitrogens is 2. The molecule has 2 heterocycles. The van der Waals surface area contributed by atoms with Gasteiger partial charge in [0.2, 0.25) is 11.7 Å². The summed E-state index contributed by atoms with van der Waals surface area (Å²) >= 11 is 0. The topological polar surface area (TPSA) is 74.2 Å². The van der Waals surface area contributed by atoms with Crippen molar-refractivity contribution in [2.75, 3.05) is 13.2 Å². The number of nitrogens with two attached hydrogens (primary N) is 1. The summed E-state index contributed by atoms with van der Waals surface area (Å²) in [6.07, 6.45) is 1.27. The number of halogens is 1. The second kappa shape index (κ2) is 4.71. The normalized spacial score (nSPS) is 18.4. The van der Waals surface area contributed by atoms with Gasteiger partial charge in [-0.15, -0.1) is 0 Å². The molecule has 3 rings (SSSR count). The monoisotopic (exact) mass is 263 g/mol. The molecule has 0 spiro atoms. The van der Waals surface area contributed by atoms with Gasteiger partial charge in [-0.1, -0.05) is 17.3 Å². The molecule has 0 aliphatic carbocycles. The van der Waals surface area contributed by atoms with Gasteiger partial charge in [0.15, 0.2) is 0 Å². The molecule has 1 aliphatic heterocycles. The van der Waals surface area contributed by atoms with Crippen molar-refractivity contribution in [1.82, 2.24) is 10.1 Å². The van der Waals surface area contributed by atoms with E-state index in [2.05, 4.69) is 10.1 Å². The van der Waals surface area contributed by atoms with Gasteiger partial charge in [-0.25, -0.2) is 4.39 Å². The number of benzene rings is 1. The Labute approximate surface area is 109 Å². The quantitative estimate of drug-likeness (QED) is 0.894. The number of ether oxygens (including phenoxy) is 1. The van der Waals surface area contributed by atoms with Gasteiger partial charge >= 0.3 is 0 Å². The highest BCUT2D eigenvalue weighted by Crippen LogP contribution is 2.29. The van der Waals surface area contributed by atoms with Gasteiger partial charge in [-0.05, 0) is 25.0 Å². The molecular formula is C13H14FN3O2. The summed E-state index contributed by atoms with van der Waals surface area (Å²) in [5.41, 5.74) is 6.18. The summed E-state index contributed by atoms with van der Waals surface area (Å²) in [5.74, 6) is 0.401. The second-order valence-corrected chi connectivity index (χ2v) is 4.70. The predicted octanol–water partition coefficient (Wildman–Crippen LogP) is 1.84. The molecule has 0 saturated carbocycles. The number of hydrogen-bond donors (Lipinski definition) is 1. The van der Waals surface area contributed by atoms with Gasteiger partial charge in [0.25, 0.3) is 0 Å². The van der Waals surface area contributed by atoms with Gasteiger partial charge in [-0.3, -0.25) is 0 Å². The Morgan fingerprint density at radius 3 is 2.79 bits per heavy atom. The summed E-state index contributed by atoms with van der Waals surface area (Å²) in [6, 6.07) is 6.06. The number of rotatable bonds is 2. The molecule has 1 fully saturated rings. The minimum absolute atomic E-state index is 0.336. The van der Waals surface area contributed by atoms with Gasteiger partial charge in [0, 0.05) is 18.8 Å². The van der Waals surface area contributed by atoms with Gasteiger partial charge in [0.05, 0.1) is 0 Å². The van der Waals surface area contributed by atoms with E-state index in [1.54, 1.807) is 12.1 Å². The molecule has 2 aromatic rings. The molecule has 0 unspecified atom stereocenters. The summed E-state index contributed by atoms with van der Waals surface area (Å²) in [4.78, 5) is 4.29. The Morgan fingerprint density at radius 2 is 2.05 bits per heavy atom. The van der Waals surface area contributed by atoms with Crippen molar-refractivity contribution in [3.05, 3.63) is 36.0 Å². The fourth-order valence-electron chi connectivity index (χ4n) is 2.12. The second-order valence-electron chi connectivity index (χ2n) is 4.70. The predicted molar refractivity (Wildman–Crippen MR) is 65.6 cm³/mol. The van der Waals surface area contributed by atoms with Gasteiger partial charge in [-0.2, -0.15) is 4.98 Å². The zero-order valence-electron chi connectivity index (χ0n) is 10.3. The smallest absolute Gasteiger partial charge is 0.247 e. The first-order valence-corrected chi connectivity index (χ1v) is 6.14. The Kier molecular flexibility index (Phi) is 3.04. The van der Waals surface area contributed by atoms with Crippen molar-refractivity contribution >= 4 is 0 Å². The van der Waals surface area contributed by atoms with Crippen LogP contribution in [0, 0.1) is 5.82 Å². The zero-order valence-corrected chi connectivity index (χ0v) is 10.3. The molecule has 2 N–H and O–H groups in total. The third-order valence-corrected chi connectivity index (χ3v) is 3.32. The molecule has 0 atom stereocenters. The van der Waals surface area contributed by atoms with Crippen molar-refractivity contribution < 1.29 is 13.7 Å². The van der Waals surface area contributed by atoms with Crippen molar-refractivity contribution in [2.24, 2.45) is 5.73 Å². The van der Waals surface area contributed by atoms with E-state index < -0.39 is 5.54 Å². The van der Waals surface area contributed by atoms with Crippen molar-refractivity contribution in [3.63, 3.8) is 0 Å². The van der Waals surface area contributed by atoms with Crippen LogP contribution in [0.25, 0.3) is 11.4 Å². The first-order valence-electron chi connectivity index (χ1n) is 6.14. The van der Waals surface area contributed by atoms with Crippen molar-refractivity contribution in [2.45, 2.75) is 18.4 Å². The zero-order chi connectivity index (χ0) is 13.3. The fraction of sp³-hybridized carbons (Fsp3) is 0.385. The summed E-state index contributed by atoms with van der Waals surface area (Å²) < 4.78 is 23.7. The van der Waals surface area contributed by atoms with Crippen LogP contribution in [-0.4, -0.2) is 23.4 Å². The summed E-state index contributed by atoms with van der Waals surface area (Å²) in [6.45, 7) is 1.16. The van der Waals surface area contributed by atoms with E-state index in [4.69, 9.17) is 15.0 Å². The van der Waals surface area contributed by atoms with Crippen LogP contribution in [0.5, 0.6) is 0 Å². The minimum Gasteiger partial charge on any atom is -0.381 e. The van der Waals surface area contributed by atoms with Crippen LogP contribution < -0.4 is 5.73 Å². The molecule has 1 aliphatic rings. The summed E-state index contributed by atoms with van der Waals surface area (Å²) in [7, 11) is 0. The maximum absolute atomic E-state index is 13.2. The average Bonchev–Trinajstić information content (AvgIpc) is 2.90.